The van der Waals surface area contributed by atoms with Crippen LogP contribution in [0.25, 0.3) is 0 Å². The molecule has 10 heavy (non-hydrogen) atoms. The predicted octanol–water partition coefficient (Wildman–Crippen LogP) is 3.23. The molecule has 0 heterocycles. The minimum absolute atomic E-state index is 0. The fourth-order valence-electron chi connectivity index (χ4n) is 0.481. The number of hydrogen-bond acceptors (Lipinski definition) is 1. The van der Waals surface area contributed by atoms with Crippen molar-refractivity contribution >= 4 is 34.3 Å². The predicted molar refractivity (Wildman–Crippen MR) is 48.5 cm³/mol. The molecule has 0 aliphatic rings. The Morgan fingerprint density at radius 2 is 1.50 bits per heavy atom. The number of para-hydroxylation sites is 1. The number of halogens is 2. The normalized spacial score (nSPS) is 6.90. The maximum atomic E-state index is 4.61. The van der Waals surface area contributed by atoms with E-state index in [1.807, 2.05) is 30.3 Å². The number of rotatable bonds is 1. The van der Waals surface area contributed by atoms with E-state index in [4.69, 9.17) is 0 Å². The van der Waals surface area contributed by atoms with Gasteiger partial charge in [0.2, 0.25) is 9.47 Å². The van der Waals surface area contributed by atoms with E-state index < -0.39 is 0 Å². The third-order valence-electron chi connectivity index (χ3n) is 0.849. The molecule has 0 aliphatic carbocycles. The summed E-state index contributed by atoms with van der Waals surface area (Å²) in [7, 11) is 3.61. The Balaban J connectivity index is 0. The van der Waals surface area contributed by atoms with Crippen LogP contribution in [0.1, 0.15) is 0 Å². The molecular formula is C6H7Cl2OP. The van der Waals surface area contributed by atoms with Gasteiger partial charge in [-0.3, -0.25) is 0 Å². The third-order valence-corrected chi connectivity index (χ3v) is 1.06. The van der Waals surface area contributed by atoms with Gasteiger partial charge in [-0.25, -0.2) is 0 Å². The zero-order chi connectivity index (χ0) is 5.82. The monoisotopic (exact) mass is 196 g/mol. The van der Waals surface area contributed by atoms with Gasteiger partial charge in [0, 0.05) is 0 Å². The molecule has 0 aromatic heterocycles. The molecule has 0 N–H and O–H groups in total. The van der Waals surface area contributed by atoms with Crippen molar-refractivity contribution in [1.82, 2.24) is 0 Å². The van der Waals surface area contributed by atoms with Gasteiger partial charge >= 0.3 is 0 Å². The Morgan fingerprint density at radius 1 is 1.00 bits per heavy atom. The van der Waals surface area contributed by atoms with Crippen molar-refractivity contribution < 1.29 is 4.52 Å². The lowest BCUT2D eigenvalue weighted by molar-refractivity contribution is 0.646. The highest BCUT2D eigenvalue weighted by Crippen LogP contribution is 2.09. The molecule has 1 nitrogen and oxygen atoms in total. The zero-order valence-corrected chi connectivity index (χ0v) is 7.59. The van der Waals surface area contributed by atoms with Crippen molar-refractivity contribution in [3.8, 4) is 5.75 Å². The van der Waals surface area contributed by atoms with Crippen molar-refractivity contribution in [3.05, 3.63) is 30.3 Å². The molecule has 1 aromatic rings. The van der Waals surface area contributed by atoms with Crippen LogP contribution in [0, 0.1) is 0 Å². The second kappa shape index (κ2) is 7.14. The molecule has 0 amide bonds. The number of hydrogen-bond donors (Lipinski definition) is 0. The summed E-state index contributed by atoms with van der Waals surface area (Å²) in [6, 6.07) is 9.40. The van der Waals surface area contributed by atoms with E-state index in [-0.39, 0.29) is 24.8 Å². The number of benzene rings is 1. The molecule has 0 bridgehead atoms. The average molecular weight is 197 g/mol. The van der Waals surface area contributed by atoms with Gasteiger partial charge in [0.1, 0.15) is 5.75 Å². The van der Waals surface area contributed by atoms with Gasteiger partial charge in [-0.05, 0) is 12.1 Å². The maximum absolute atomic E-state index is 4.61. The first kappa shape index (κ1) is 12.7. The Hall–Kier alpha value is 0.0300. The van der Waals surface area contributed by atoms with Crippen molar-refractivity contribution in [2.75, 3.05) is 0 Å². The summed E-state index contributed by atoms with van der Waals surface area (Å²) in [4.78, 5) is 0. The summed E-state index contributed by atoms with van der Waals surface area (Å²) in [5.74, 6) is 0.774. The van der Waals surface area contributed by atoms with Crippen LogP contribution < -0.4 is 4.52 Å². The molecule has 0 saturated carbocycles. The molecule has 4 heteroatoms. The van der Waals surface area contributed by atoms with Gasteiger partial charge in [-0.1, -0.05) is 18.2 Å². The van der Waals surface area contributed by atoms with E-state index >= 15 is 0 Å². The summed E-state index contributed by atoms with van der Waals surface area (Å²) >= 11 is 0. The molecule has 0 atom stereocenters. The second-order valence-corrected chi connectivity index (χ2v) is 1.59. The van der Waals surface area contributed by atoms with Crippen LogP contribution in [0.4, 0.5) is 0 Å². The minimum atomic E-state index is 0. The fourth-order valence-corrected chi connectivity index (χ4v) is 0.603. The van der Waals surface area contributed by atoms with Crippen molar-refractivity contribution in [2.24, 2.45) is 0 Å². The van der Waals surface area contributed by atoms with Crippen molar-refractivity contribution in [2.45, 2.75) is 0 Å². The highest BCUT2D eigenvalue weighted by Gasteiger charge is 1.81. The van der Waals surface area contributed by atoms with Crippen molar-refractivity contribution in [3.63, 3.8) is 0 Å². The fraction of sp³-hybridized carbons (Fsp3) is 0. The van der Waals surface area contributed by atoms with Gasteiger partial charge < -0.3 is 4.52 Å². The second-order valence-electron chi connectivity index (χ2n) is 1.40. The molecule has 1 aromatic carbocycles. The highest BCUT2D eigenvalue weighted by molar-refractivity contribution is 7.10. The Labute approximate surface area is 75.3 Å². The first-order chi connectivity index (χ1) is 3.93. The maximum Gasteiger partial charge on any atom is 0.232 e. The van der Waals surface area contributed by atoms with E-state index in [1.54, 1.807) is 0 Å². The summed E-state index contributed by atoms with van der Waals surface area (Å²) < 4.78 is 4.61. The first-order valence-corrected chi connectivity index (χ1v) is 2.66. The molecule has 0 aliphatic heterocycles. The largest absolute Gasteiger partial charge is 0.457 e. The van der Waals surface area contributed by atoms with Crippen LogP contribution in [0.2, 0.25) is 0 Å². The molecular weight excluding hydrogens is 190 g/mol. The summed E-state index contributed by atoms with van der Waals surface area (Å²) in [5.41, 5.74) is 0. The molecule has 2 radical (unpaired) electrons. The van der Waals surface area contributed by atoms with Crippen LogP contribution in [-0.2, 0) is 0 Å². The Bertz CT molecular complexity index is 157. The molecule has 0 spiro atoms. The topological polar surface area (TPSA) is 9.23 Å². The smallest absolute Gasteiger partial charge is 0.232 e. The SMILES string of the molecule is Cl.Cl.[P]Oc1ccccc1. The van der Waals surface area contributed by atoms with Crippen LogP contribution in [0.15, 0.2) is 30.3 Å². The lowest BCUT2D eigenvalue weighted by Crippen LogP contribution is -1.68. The molecule has 0 fully saturated rings. The van der Waals surface area contributed by atoms with Crippen molar-refractivity contribution in [1.29, 1.82) is 0 Å². The lowest BCUT2D eigenvalue weighted by Gasteiger charge is -1.91. The average Bonchev–Trinajstić information content (AvgIpc) is 1.90. The van der Waals surface area contributed by atoms with Gasteiger partial charge in [-0.15, -0.1) is 24.8 Å². The Morgan fingerprint density at radius 3 is 1.80 bits per heavy atom. The quantitative estimate of drug-likeness (QED) is 0.628. The zero-order valence-electron chi connectivity index (χ0n) is 5.06. The summed E-state index contributed by atoms with van der Waals surface area (Å²) in [6.07, 6.45) is 0. The van der Waals surface area contributed by atoms with E-state index in [1.165, 1.54) is 0 Å². The molecule has 0 saturated heterocycles. The van der Waals surface area contributed by atoms with Gasteiger partial charge in [0.05, 0.1) is 0 Å². The van der Waals surface area contributed by atoms with E-state index in [0.717, 1.165) is 5.75 Å². The summed E-state index contributed by atoms with van der Waals surface area (Å²) in [5, 5.41) is 0. The molecule has 1 rings (SSSR count). The van der Waals surface area contributed by atoms with Gasteiger partial charge in [0.15, 0.2) is 0 Å². The van der Waals surface area contributed by atoms with Crippen LogP contribution in [-0.4, -0.2) is 0 Å². The first-order valence-electron chi connectivity index (χ1n) is 2.30. The lowest BCUT2D eigenvalue weighted by atomic mass is 10.3. The van der Waals surface area contributed by atoms with Gasteiger partial charge in [0.25, 0.3) is 0 Å². The Kier molecular flexibility index (Phi) is 9.06. The van der Waals surface area contributed by atoms with Crippen LogP contribution in [0.3, 0.4) is 0 Å². The van der Waals surface area contributed by atoms with E-state index in [9.17, 15) is 0 Å². The minimum Gasteiger partial charge on any atom is -0.457 e. The van der Waals surface area contributed by atoms with Crippen LogP contribution >= 0.6 is 34.3 Å². The highest BCUT2D eigenvalue weighted by atomic mass is 35.5. The standard InChI is InChI=1S/C6H5OP.2ClH/c8-7-6-4-2-1-3-5-6;;/h1-5H;2*1H. The third kappa shape index (κ3) is 3.94. The van der Waals surface area contributed by atoms with E-state index in [0.29, 0.717) is 0 Å². The summed E-state index contributed by atoms with van der Waals surface area (Å²) in [6.45, 7) is 0. The van der Waals surface area contributed by atoms with E-state index in [2.05, 4.69) is 14.0 Å². The van der Waals surface area contributed by atoms with Gasteiger partial charge in [-0.2, -0.15) is 0 Å². The van der Waals surface area contributed by atoms with Crippen LogP contribution in [0.5, 0.6) is 5.75 Å². The molecule has 56 valence electrons. The molecule has 0 unspecified atom stereocenters.